The van der Waals surface area contributed by atoms with E-state index >= 15 is 0 Å². The number of rotatable bonds is 4. The first-order chi connectivity index (χ1) is 11.5. The third-order valence-electron chi connectivity index (χ3n) is 4.05. The molecule has 6 nitrogen and oxygen atoms in total. The molecule has 1 aromatic heterocycles. The molecule has 0 radical (unpaired) electrons. The number of ether oxygens (including phenoxy) is 1. The molecule has 0 saturated heterocycles. The van der Waals surface area contributed by atoms with Crippen molar-refractivity contribution in [3.8, 4) is 5.75 Å². The van der Waals surface area contributed by atoms with Gasteiger partial charge in [0, 0.05) is 10.9 Å². The van der Waals surface area contributed by atoms with Gasteiger partial charge >= 0.3 is 0 Å². The SMILES string of the molecule is Cc1ccc2c(c1)[C@H](NS(=O)(=O)Cc1noc3ccccc13)CO2. The molecule has 3 aromatic rings. The van der Waals surface area contributed by atoms with Crippen molar-refractivity contribution in [1.29, 1.82) is 0 Å². The largest absolute Gasteiger partial charge is 0.491 e. The first-order valence-corrected chi connectivity index (χ1v) is 9.24. The van der Waals surface area contributed by atoms with Crippen LogP contribution in [0.25, 0.3) is 11.0 Å². The highest BCUT2D eigenvalue weighted by Gasteiger charge is 2.29. The highest BCUT2D eigenvalue weighted by atomic mass is 32.2. The standard InChI is InChI=1S/C17H16N2O4S/c1-11-6-7-16-13(8-11)14(9-22-16)19-24(20,21)10-15-12-4-2-3-5-17(12)23-18-15/h2-8,14,19H,9-10H2,1H3/t14-/m1/s1. The normalized spacial score (nSPS) is 17.0. The molecule has 0 amide bonds. The van der Waals surface area contributed by atoms with Gasteiger partial charge in [0.1, 0.15) is 23.8 Å². The fourth-order valence-electron chi connectivity index (χ4n) is 2.91. The molecule has 1 aliphatic rings. The average molecular weight is 344 g/mol. The number of nitrogens with one attached hydrogen (secondary N) is 1. The third kappa shape index (κ3) is 2.76. The fourth-order valence-corrected chi connectivity index (χ4v) is 4.19. The molecule has 0 fully saturated rings. The monoisotopic (exact) mass is 344 g/mol. The van der Waals surface area contributed by atoms with Crippen LogP contribution in [0.2, 0.25) is 0 Å². The predicted molar refractivity (Wildman–Crippen MR) is 89.2 cm³/mol. The van der Waals surface area contributed by atoms with E-state index in [-0.39, 0.29) is 18.4 Å². The van der Waals surface area contributed by atoms with E-state index < -0.39 is 10.0 Å². The molecule has 0 unspecified atom stereocenters. The number of hydrogen-bond donors (Lipinski definition) is 1. The lowest BCUT2D eigenvalue weighted by molar-refractivity contribution is 0.325. The minimum Gasteiger partial charge on any atom is -0.491 e. The molecular weight excluding hydrogens is 328 g/mol. The maximum atomic E-state index is 12.5. The molecule has 0 aliphatic carbocycles. The molecule has 4 rings (SSSR count). The van der Waals surface area contributed by atoms with E-state index in [1.54, 1.807) is 12.1 Å². The van der Waals surface area contributed by atoms with Gasteiger partial charge in [-0.1, -0.05) is 35.0 Å². The average Bonchev–Trinajstić information content (AvgIpc) is 3.12. The van der Waals surface area contributed by atoms with E-state index in [0.717, 1.165) is 16.9 Å². The fraction of sp³-hybridized carbons (Fsp3) is 0.235. The summed E-state index contributed by atoms with van der Waals surface area (Å²) in [5, 5.41) is 4.60. The van der Waals surface area contributed by atoms with Crippen molar-refractivity contribution in [3.63, 3.8) is 0 Å². The Morgan fingerprint density at radius 2 is 2.08 bits per heavy atom. The van der Waals surface area contributed by atoms with Crippen molar-refractivity contribution in [2.45, 2.75) is 18.7 Å². The van der Waals surface area contributed by atoms with Crippen molar-refractivity contribution in [2.75, 3.05) is 6.61 Å². The Balaban J connectivity index is 1.58. The van der Waals surface area contributed by atoms with Crippen molar-refractivity contribution in [1.82, 2.24) is 9.88 Å². The second-order valence-corrected chi connectivity index (χ2v) is 7.66. The minimum atomic E-state index is -3.59. The summed E-state index contributed by atoms with van der Waals surface area (Å²) < 4.78 is 38.5. The lowest BCUT2D eigenvalue weighted by atomic mass is 10.1. The summed E-state index contributed by atoms with van der Waals surface area (Å²) in [6, 6.07) is 12.6. The lowest BCUT2D eigenvalue weighted by Gasteiger charge is -2.12. The van der Waals surface area contributed by atoms with Crippen molar-refractivity contribution < 1.29 is 17.7 Å². The van der Waals surface area contributed by atoms with Gasteiger partial charge in [0.15, 0.2) is 5.58 Å². The van der Waals surface area contributed by atoms with Crippen LogP contribution in [0.5, 0.6) is 5.75 Å². The van der Waals surface area contributed by atoms with Gasteiger partial charge in [-0.3, -0.25) is 0 Å². The molecule has 1 N–H and O–H groups in total. The van der Waals surface area contributed by atoms with Gasteiger partial charge in [0.05, 0.1) is 6.04 Å². The van der Waals surface area contributed by atoms with Gasteiger partial charge in [-0.2, -0.15) is 0 Å². The zero-order valence-electron chi connectivity index (χ0n) is 13.0. The number of sulfonamides is 1. The van der Waals surface area contributed by atoms with Crippen LogP contribution < -0.4 is 9.46 Å². The number of aromatic nitrogens is 1. The number of benzene rings is 2. The second-order valence-electron chi connectivity index (χ2n) is 5.91. The molecule has 24 heavy (non-hydrogen) atoms. The summed E-state index contributed by atoms with van der Waals surface area (Å²) in [4.78, 5) is 0. The highest BCUT2D eigenvalue weighted by Crippen LogP contribution is 2.33. The quantitative estimate of drug-likeness (QED) is 0.787. The molecule has 0 bridgehead atoms. The van der Waals surface area contributed by atoms with E-state index in [1.165, 1.54) is 0 Å². The summed E-state index contributed by atoms with van der Waals surface area (Å²) in [7, 11) is -3.59. The molecule has 0 saturated carbocycles. The minimum absolute atomic E-state index is 0.234. The van der Waals surface area contributed by atoms with Crippen LogP contribution in [-0.4, -0.2) is 20.2 Å². The Morgan fingerprint density at radius 3 is 2.96 bits per heavy atom. The molecule has 1 aliphatic heterocycles. The summed E-state index contributed by atoms with van der Waals surface area (Å²) in [5.41, 5.74) is 2.91. The van der Waals surface area contributed by atoms with Gasteiger partial charge in [-0.05, 0) is 25.1 Å². The van der Waals surface area contributed by atoms with Gasteiger partial charge in [0.25, 0.3) is 0 Å². The molecule has 1 atom stereocenters. The zero-order chi connectivity index (χ0) is 16.7. The van der Waals surface area contributed by atoms with Crippen LogP contribution in [0, 0.1) is 6.92 Å². The van der Waals surface area contributed by atoms with Crippen molar-refractivity contribution >= 4 is 21.0 Å². The number of para-hydroxylation sites is 1. The number of hydrogen-bond acceptors (Lipinski definition) is 5. The third-order valence-corrected chi connectivity index (χ3v) is 5.34. The molecule has 124 valence electrons. The Bertz CT molecular complexity index is 1010. The molecule has 2 aromatic carbocycles. The van der Waals surface area contributed by atoms with E-state index in [0.29, 0.717) is 16.7 Å². The summed E-state index contributed by atoms with van der Waals surface area (Å²) in [5.74, 6) is 0.488. The number of nitrogens with zero attached hydrogens (tertiary/aromatic N) is 1. The lowest BCUT2D eigenvalue weighted by Crippen LogP contribution is -2.30. The van der Waals surface area contributed by atoms with Crippen LogP contribution in [0.3, 0.4) is 0 Å². The second kappa shape index (κ2) is 5.61. The van der Waals surface area contributed by atoms with Gasteiger partial charge in [-0.25, -0.2) is 13.1 Å². The summed E-state index contributed by atoms with van der Waals surface area (Å²) in [6.45, 7) is 2.25. The summed E-state index contributed by atoms with van der Waals surface area (Å²) >= 11 is 0. The van der Waals surface area contributed by atoms with Crippen LogP contribution in [-0.2, 0) is 15.8 Å². The van der Waals surface area contributed by atoms with Crippen LogP contribution in [0.1, 0.15) is 22.9 Å². The van der Waals surface area contributed by atoms with Crippen LogP contribution >= 0.6 is 0 Å². The number of aryl methyl sites for hydroxylation is 1. The molecular formula is C17H16N2O4S. The van der Waals surface area contributed by atoms with Gasteiger partial charge in [-0.15, -0.1) is 0 Å². The summed E-state index contributed by atoms with van der Waals surface area (Å²) in [6.07, 6.45) is 0. The first-order valence-electron chi connectivity index (χ1n) is 7.58. The topological polar surface area (TPSA) is 81.4 Å². The maximum Gasteiger partial charge on any atom is 0.218 e. The van der Waals surface area contributed by atoms with Crippen molar-refractivity contribution in [2.24, 2.45) is 0 Å². The van der Waals surface area contributed by atoms with E-state index in [1.807, 2.05) is 37.3 Å². The zero-order valence-corrected chi connectivity index (χ0v) is 13.8. The van der Waals surface area contributed by atoms with Crippen LogP contribution in [0.15, 0.2) is 47.0 Å². The van der Waals surface area contributed by atoms with E-state index in [2.05, 4.69) is 9.88 Å². The van der Waals surface area contributed by atoms with Crippen molar-refractivity contribution in [3.05, 3.63) is 59.3 Å². The molecule has 0 spiro atoms. The molecule has 2 heterocycles. The Morgan fingerprint density at radius 1 is 1.25 bits per heavy atom. The van der Waals surface area contributed by atoms with E-state index in [4.69, 9.17) is 9.26 Å². The Hall–Kier alpha value is -2.38. The smallest absolute Gasteiger partial charge is 0.218 e. The maximum absolute atomic E-state index is 12.5. The highest BCUT2D eigenvalue weighted by molar-refractivity contribution is 7.88. The van der Waals surface area contributed by atoms with E-state index in [9.17, 15) is 8.42 Å². The first kappa shape index (κ1) is 15.2. The Kier molecular flexibility index (Phi) is 3.54. The predicted octanol–water partition coefficient (Wildman–Crippen LogP) is 2.69. The van der Waals surface area contributed by atoms with Crippen LogP contribution in [0.4, 0.5) is 0 Å². The van der Waals surface area contributed by atoms with Gasteiger partial charge in [0.2, 0.25) is 10.0 Å². The number of fused-ring (bicyclic) bond motifs is 2. The Labute approximate surface area is 139 Å². The molecule has 7 heteroatoms. The van der Waals surface area contributed by atoms with Gasteiger partial charge < -0.3 is 9.26 Å².